The maximum atomic E-state index is 6.49. The third kappa shape index (κ3) is 4.61. The lowest BCUT2D eigenvalue weighted by Crippen LogP contribution is -2.01. The highest BCUT2D eigenvalue weighted by Crippen LogP contribution is 2.43. The smallest absolute Gasteiger partial charge is 0.228 e. The van der Waals surface area contributed by atoms with Crippen LogP contribution in [0.3, 0.4) is 0 Å². The van der Waals surface area contributed by atoms with Crippen molar-refractivity contribution in [1.82, 2.24) is 24.5 Å². The Morgan fingerprint density at radius 1 is 0.377 bits per heavy atom. The number of nitrogens with zero attached hydrogens (tertiary/aromatic N) is 5. The first-order chi connectivity index (χ1) is 26.3. The van der Waals surface area contributed by atoms with Crippen molar-refractivity contribution in [3.63, 3.8) is 0 Å². The molecule has 11 aromatic rings. The van der Waals surface area contributed by atoms with E-state index in [1.165, 1.54) is 0 Å². The highest BCUT2D eigenvalue weighted by Gasteiger charge is 2.23. The Labute approximate surface area is 302 Å². The summed E-state index contributed by atoms with van der Waals surface area (Å²) in [5.74, 6) is 2.23. The molecule has 0 aliphatic heterocycles. The number of aromatic nitrogens is 5. The van der Waals surface area contributed by atoms with Crippen molar-refractivity contribution in [2.45, 2.75) is 0 Å². The highest BCUT2D eigenvalue weighted by atomic mass is 16.3. The van der Waals surface area contributed by atoms with Gasteiger partial charge in [-0.3, -0.25) is 0 Å². The molecule has 0 radical (unpaired) electrons. The first-order valence-electron chi connectivity index (χ1n) is 17.5. The minimum absolute atomic E-state index is 0.525. The molecule has 0 amide bonds. The van der Waals surface area contributed by atoms with Gasteiger partial charge in [0.2, 0.25) is 5.89 Å². The molecule has 11 rings (SSSR count). The molecule has 7 aromatic carbocycles. The van der Waals surface area contributed by atoms with Gasteiger partial charge in [0.1, 0.15) is 16.7 Å². The predicted octanol–water partition coefficient (Wildman–Crippen LogP) is 11.7. The second-order valence-corrected chi connectivity index (χ2v) is 13.0. The maximum absolute atomic E-state index is 6.49. The molecule has 0 saturated heterocycles. The van der Waals surface area contributed by atoms with Gasteiger partial charge in [0.25, 0.3) is 0 Å². The van der Waals surface area contributed by atoms with E-state index >= 15 is 0 Å². The number of oxazole rings is 1. The van der Waals surface area contributed by atoms with Gasteiger partial charge in [-0.25, -0.2) is 19.9 Å². The van der Waals surface area contributed by atoms with E-state index in [4.69, 9.17) is 28.8 Å². The van der Waals surface area contributed by atoms with E-state index in [1.807, 2.05) is 91.0 Å². The van der Waals surface area contributed by atoms with Crippen molar-refractivity contribution in [1.29, 1.82) is 0 Å². The molecule has 0 unspecified atom stereocenters. The number of fused-ring (bicyclic) bond motifs is 7. The molecule has 0 atom stereocenters. The van der Waals surface area contributed by atoms with E-state index in [-0.39, 0.29) is 0 Å². The Balaban J connectivity index is 1.20. The molecule has 53 heavy (non-hydrogen) atoms. The minimum atomic E-state index is 0.525. The zero-order valence-corrected chi connectivity index (χ0v) is 28.1. The number of furan rings is 1. The van der Waals surface area contributed by atoms with Gasteiger partial charge in [-0.05, 0) is 54.6 Å². The third-order valence-electron chi connectivity index (χ3n) is 9.91. The van der Waals surface area contributed by atoms with Crippen molar-refractivity contribution in [3.05, 3.63) is 164 Å². The molecule has 0 N–H and O–H groups in total. The summed E-state index contributed by atoms with van der Waals surface area (Å²) in [5, 5.41) is 3.97. The molecule has 0 fully saturated rings. The third-order valence-corrected chi connectivity index (χ3v) is 9.91. The number of benzene rings is 7. The summed E-state index contributed by atoms with van der Waals surface area (Å²) in [7, 11) is 0. The fraction of sp³-hybridized carbons (Fsp3) is 0. The second-order valence-electron chi connectivity index (χ2n) is 13.0. The molecule has 7 heteroatoms. The quantitative estimate of drug-likeness (QED) is 0.180. The van der Waals surface area contributed by atoms with Crippen LogP contribution in [0.5, 0.6) is 0 Å². The second kappa shape index (κ2) is 11.6. The van der Waals surface area contributed by atoms with Gasteiger partial charge >= 0.3 is 0 Å². The van der Waals surface area contributed by atoms with Crippen LogP contribution in [0.25, 0.3) is 106 Å². The highest BCUT2D eigenvalue weighted by molar-refractivity contribution is 6.18. The maximum Gasteiger partial charge on any atom is 0.228 e. The summed E-state index contributed by atoms with van der Waals surface area (Å²) in [5.41, 5.74) is 9.72. The molecule has 0 aliphatic rings. The van der Waals surface area contributed by atoms with Crippen LogP contribution in [0.15, 0.2) is 173 Å². The average Bonchev–Trinajstić information content (AvgIpc) is 3.93. The minimum Gasteiger partial charge on any atom is -0.456 e. The Morgan fingerprint density at radius 3 is 1.72 bits per heavy atom. The number of para-hydroxylation sites is 4. The van der Waals surface area contributed by atoms with Gasteiger partial charge < -0.3 is 13.4 Å². The Hall–Kier alpha value is -7.38. The fourth-order valence-electron chi connectivity index (χ4n) is 7.61. The molecule has 0 saturated carbocycles. The summed E-state index contributed by atoms with van der Waals surface area (Å²) >= 11 is 0. The van der Waals surface area contributed by atoms with E-state index in [0.717, 1.165) is 82.8 Å². The molecular formula is C46H27N5O2. The molecule has 4 heterocycles. The van der Waals surface area contributed by atoms with Crippen LogP contribution in [0, 0.1) is 0 Å². The first-order valence-corrected chi connectivity index (χ1v) is 17.5. The number of hydrogen-bond donors (Lipinski definition) is 0. The van der Waals surface area contributed by atoms with Gasteiger partial charge in [0.15, 0.2) is 23.1 Å². The molecule has 248 valence electrons. The normalized spacial score (nSPS) is 11.8. The predicted molar refractivity (Wildman–Crippen MR) is 211 cm³/mol. The Bertz CT molecular complexity index is 3150. The molecule has 0 aliphatic carbocycles. The number of hydrogen-bond acceptors (Lipinski definition) is 6. The summed E-state index contributed by atoms with van der Waals surface area (Å²) in [6.45, 7) is 0. The van der Waals surface area contributed by atoms with E-state index in [0.29, 0.717) is 23.4 Å². The summed E-state index contributed by atoms with van der Waals surface area (Å²) < 4.78 is 15.1. The molecule has 7 nitrogen and oxygen atoms in total. The summed E-state index contributed by atoms with van der Waals surface area (Å²) in [6.07, 6.45) is 0. The van der Waals surface area contributed by atoms with E-state index < -0.39 is 0 Å². The molecule has 4 aromatic heterocycles. The van der Waals surface area contributed by atoms with Crippen LogP contribution in [-0.2, 0) is 0 Å². The van der Waals surface area contributed by atoms with Crippen molar-refractivity contribution in [2.24, 2.45) is 0 Å². The topological polar surface area (TPSA) is 82.8 Å². The van der Waals surface area contributed by atoms with Crippen LogP contribution >= 0.6 is 0 Å². The van der Waals surface area contributed by atoms with Crippen LogP contribution in [-0.4, -0.2) is 24.5 Å². The fourth-order valence-corrected chi connectivity index (χ4v) is 7.61. The van der Waals surface area contributed by atoms with Gasteiger partial charge in [-0.15, -0.1) is 0 Å². The lowest BCUT2D eigenvalue weighted by molar-refractivity contribution is 0.620. The molecule has 0 bridgehead atoms. The average molecular weight is 682 g/mol. The Kier molecular flexibility index (Phi) is 6.42. The van der Waals surface area contributed by atoms with Crippen LogP contribution in [0.2, 0.25) is 0 Å². The molecule has 0 spiro atoms. The van der Waals surface area contributed by atoms with Gasteiger partial charge in [-0.2, -0.15) is 0 Å². The number of rotatable bonds is 5. The van der Waals surface area contributed by atoms with Gasteiger partial charge in [-0.1, -0.05) is 109 Å². The lowest BCUT2D eigenvalue weighted by Gasteiger charge is -2.11. The van der Waals surface area contributed by atoms with E-state index in [2.05, 4.69) is 77.4 Å². The van der Waals surface area contributed by atoms with Gasteiger partial charge in [0, 0.05) is 49.5 Å². The van der Waals surface area contributed by atoms with Crippen LogP contribution in [0.1, 0.15) is 0 Å². The molecular weight excluding hydrogens is 655 g/mol. The van der Waals surface area contributed by atoms with Crippen LogP contribution < -0.4 is 0 Å². The van der Waals surface area contributed by atoms with E-state index in [9.17, 15) is 0 Å². The lowest BCUT2D eigenvalue weighted by atomic mass is 10.0. The van der Waals surface area contributed by atoms with Crippen molar-refractivity contribution in [3.8, 4) is 51.3 Å². The zero-order valence-electron chi connectivity index (χ0n) is 28.1. The standard InChI is InChI=1S/C46H27N5O2/c1-3-14-28(15-4-1)43-48-44(31-19-11-24-36-40(31)30-18-7-9-23-35(30)51(36)29-16-5-2-6-17-29)50-45(49-43)32-20-12-26-38-41(32)42-33(21-13-27-39(42)52-38)46-47-34-22-8-10-25-37(34)53-46/h1-27H. The largest absolute Gasteiger partial charge is 0.456 e. The van der Waals surface area contributed by atoms with E-state index in [1.54, 1.807) is 0 Å². The Morgan fingerprint density at radius 2 is 0.943 bits per heavy atom. The van der Waals surface area contributed by atoms with Crippen molar-refractivity contribution in [2.75, 3.05) is 0 Å². The summed E-state index contributed by atoms with van der Waals surface area (Å²) in [6, 6.07) is 55.2. The first kappa shape index (κ1) is 29.4. The summed E-state index contributed by atoms with van der Waals surface area (Å²) in [4.78, 5) is 20.5. The van der Waals surface area contributed by atoms with Crippen molar-refractivity contribution >= 4 is 54.8 Å². The van der Waals surface area contributed by atoms with Crippen LogP contribution in [0.4, 0.5) is 0 Å². The SMILES string of the molecule is c1ccc(-c2nc(-c3cccc4oc5cccc(-c6nc7ccccc7o6)c5c34)nc(-c3cccc4c3c3ccccc3n4-c3ccccc3)n2)cc1. The zero-order chi connectivity index (χ0) is 34.9. The van der Waals surface area contributed by atoms with Gasteiger partial charge in [0.05, 0.1) is 11.0 Å². The van der Waals surface area contributed by atoms with Crippen molar-refractivity contribution < 1.29 is 8.83 Å². The monoisotopic (exact) mass is 681 g/mol.